The van der Waals surface area contributed by atoms with Crippen molar-refractivity contribution in [3.63, 3.8) is 0 Å². The number of rotatable bonds is 1. The van der Waals surface area contributed by atoms with Gasteiger partial charge in [-0.1, -0.05) is 0 Å². The molecule has 5 heteroatoms. The molecular formula is C10H12N2O2S. The Morgan fingerprint density at radius 1 is 1.60 bits per heavy atom. The quantitative estimate of drug-likeness (QED) is 0.558. The van der Waals surface area contributed by atoms with Crippen molar-refractivity contribution in [1.82, 2.24) is 5.48 Å². The van der Waals surface area contributed by atoms with Gasteiger partial charge in [0.15, 0.2) is 0 Å². The molecule has 0 bridgehead atoms. The van der Waals surface area contributed by atoms with Crippen molar-refractivity contribution in [3.05, 3.63) is 23.8 Å². The van der Waals surface area contributed by atoms with Gasteiger partial charge in [0, 0.05) is 29.8 Å². The third-order valence-electron chi connectivity index (χ3n) is 2.42. The number of carbonyl (C=O) groups is 1. The molecule has 1 aromatic rings. The fraction of sp³-hybridized carbons (Fsp3) is 0.300. The number of fused-ring (bicyclic) bond motifs is 1. The molecule has 0 saturated heterocycles. The van der Waals surface area contributed by atoms with Gasteiger partial charge >= 0.3 is 0 Å². The smallest absolute Gasteiger partial charge is 0.274 e. The number of hydroxylamine groups is 1. The summed E-state index contributed by atoms with van der Waals surface area (Å²) in [6.45, 7) is 0.974. The van der Waals surface area contributed by atoms with E-state index in [2.05, 4.69) is 4.90 Å². The average Bonchev–Trinajstić information content (AvgIpc) is 2.28. The zero-order valence-corrected chi connectivity index (χ0v) is 9.17. The van der Waals surface area contributed by atoms with E-state index in [-0.39, 0.29) is 0 Å². The minimum Gasteiger partial charge on any atom is -0.373 e. The van der Waals surface area contributed by atoms with Gasteiger partial charge in [0.1, 0.15) is 0 Å². The number of nitrogens with zero attached hydrogens (tertiary/aromatic N) is 1. The van der Waals surface area contributed by atoms with Crippen molar-refractivity contribution >= 4 is 23.4 Å². The minimum atomic E-state index is -0.471. The number of amides is 1. The second-order valence-corrected chi connectivity index (χ2v) is 4.53. The van der Waals surface area contributed by atoms with Gasteiger partial charge in [-0.3, -0.25) is 10.0 Å². The molecule has 1 aliphatic rings. The first kappa shape index (κ1) is 10.3. The summed E-state index contributed by atoms with van der Waals surface area (Å²) >= 11 is 1.78. The van der Waals surface area contributed by atoms with E-state index in [1.807, 2.05) is 13.1 Å². The van der Waals surface area contributed by atoms with Gasteiger partial charge < -0.3 is 4.90 Å². The summed E-state index contributed by atoms with van der Waals surface area (Å²) in [5.74, 6) is 0.594. The molecule has 0 aromatic heterocycles. The first-order chi connectivity index (χ1) is 7.22. The Morgan fingerprint density at radius 3 is 3.13 bits per heavy atom. The average molecular weight is 224 g/mol. The number of benzene rings is 1. The minimum absolute atomic E-state index is 0.471. The van der Waals surface area contributed by atoms with E-state index >= 15 is 0 Å². The Morgan fingerprint density at radius 2 is 2.40 bits per heavy atom. The second-order valence-electron chi connectivity index (χ2n) is 3.39. The Hall–Kier alpha value is -1.20. The first-order valence-electron chi connectivity index (χ1n) is 4.65. The molecule has 0 radical (unpaired) electrons. The summed E-state index contributed by atoms with van der Waals surface area (Å²) < 4.78 is 0. The fourth-order valence-electron chi connectivity index (χ4n) is 1.56. The van der Waals surface area contributed by atoms with E-state index in [0.29, 0.717) is 5.56 Å². The highest BCUT2D eigenvalue weighted by atomic mass is 32.2. The largest absolute Gasteiger partial charge is 0.373 e. The maximum Gasteiger partial charge on any atom is 0.274 e. The van der Waals surface area contributed by atoms with Crippen molar-refractivity contribution in [2.24, 2.45) is 0 Å². The molecular weight excluding hydrogens is 212 g/mol. The van der Waals surface area contributed by atoms with Crippen molar-refractivity contribution < 1.29 is 10.0 Å². The lowest BCUT2D eigenvalue weighted by atomic mass is 10.2. The van der Waals surface area contributed by atoms with Gasteiger partial charge in [-0.15, -0.1) is 11.8 Å². The van der Waals surface area contributed by atoms with Crippen LogP contribution in [-0.4, -0.2) is 30.5 Å². The predicted octanol–water partition coefficient (Wildman–Crippen LogP) is 1.35. The normalized spacial score (nSPS) is 14.7. The molecule has 0 unspecified atom stereocenters. The Labute approximate surface area is 92.2 Å². The number of anilines is 1. The van der Waals surface area contributed by atoms with Crippen LogP contribution in [0.15, 0.2) is 23.1 Å². The van der Waals surface area contributed by atoms with Gasteiger partial charge in [-0.05, 0) is 18.2 Å². The standard InChI is InChI=1S/C10H12N2O2S/c1-12-4-5-15-9-3-2-7(6-8(9)12)10(13)11-14/h2-3,6,14H,4-5H2,1H3,(H,11,13). The monoisotopic (exact) mass is 224 g/mol. The lowest BCUT2D eigenvalue weighted by Gasteiger charge is -2.27. The summed E-state index contributed by atoms with van der Waals surface area (Å²) in [6, 6.07) is 5.43. The molecule has 2 N–H and O–H groups in total. The third kappa shape index (κ3) is 1.93. The zero-order chi connectivity index (χ0) is 10.8. The van der Waals surface area contributed by atoms with Crippen LogP contribution in [0.3, 0.4) is 0 Å². The Balaban J connectivity index is 2.39. The first-order valence-corrected chi connectivity index (χ1v) is 5.63. The SMILES string of the molecule is CN1CCSc2ccc(C(=O)NO)cc21. The van der Waals surface area contributed by atoms with Crippen LogP contribution in [0.4, 0.5) is 5.69 Å². The Kier molecular flexibility index (Phi) is 2.83. The highest BCUT2D eigenvalue weighted by Gasteiger charge is 2.16. The molecule has 1 aliphatic heterocycles. The van der Waals surface area contributed by atoms with Crippen LogP contribution in [-0.2, 0) is 0 Å². The molecule has 0 atom stereocenters. The van der Waals surface area contributed by atoms with Crippen LogP contribution in [0.25, 0.3) is 0 Å². The number of hydrogen-bond donors (Lipinski definition) is 2. The molecule has 0 saturated carbocycles. The van der Waals surface area contributed by atoms with E-state index in [4.69, 9.17) is 5.21 Å². The highest BCUT2D eigenvalue weighted by Crippen LogP contribution is 2.34. The van der Waals surface area contributed by atoms with Crippen LogP contribution in [0.5, 0.6) is 0 Å². The molecule has 0 fully saturated rings. The summed E-state index contributed by atoms with van der Waals surface area (Å²) in [5, 5.41) is 8.54. The number of thioether (sulfide) groups is 1. The molecule has 0 spiro atoms. The van der Waals surface area contributed by atoms with E-state index in [1.165, 1.54) is 4.90 Å². The highest BCUT2D eigenvalue weighted by molar-refractivity contribution is 7.99. The van der Waals surface area contributed by atoms with Crippen LogP contribution < -0.4 is 10.4 Å². The van der Waals surface area contributed by atoms with Gasteiger partial charge in [-0.25, -0.2) is 5.48 Å². The van der Waals surface area contributed by atoms with E-state index in [9.17, 15) is 4.79 Å². The predicted molar refractivity (Wildman–Crippen MR) is 59.7 cm³/mol. The number of nitrogens with one attached hydrogen (secondary N) is 1. The van der Waals surface area contributed by atoms with Crippen LogP contribution >= 0.6 is 11.8 Å². The van der Waals surface area contributed by atoms with Crippen molar-refractivity contribution in [1.29, 1.82) is 0 Å². The van der Waals surface area contributed by atoms with Crippen molar-refractivity contribution in [2.45, 2.75) is 4.90 Å². The summed E-state index contributed by atoms with van der Waals surface area (Å²) in [5.41, 5.74) is 3.16. The van der Waals surface area contributed by atoms with Crippen molar-refractivity contribution in [3.8, 4) is 0 Å². The van der Waals surface area contributed by atoms with Gasteiger partial charge in [0.25, 0.3) is 5.91 Å². The van der Waals surface area contributed by atoms with Gasteiger partial charge in [-0.2, -0.15) is 0 Å². The van der Waals surface area contributed by atoms with Crippen LogP contribution in [0.1, 0.15) is 10.4 Å². The number of carbonyl (C=O) groups excluding carboxylic acids is 1. The molecule has 1 amide bonds. The lowest BCUT2D eigenvalue weighted by molar-refractivity contribution is 0.0706. The van der Waals surface area contributed by atoms with E-state index in [1.54, 1.807) is 29.4 Å². The molecule has 1 aromatic carbocycles. The van der Waals surface area contributed by atoms with Gasteiger partial charge in [0.05, 0.1) is 5.69 Å². The molecule has 80 valence electrons. The molecule has 1 heterocycles. The number of hydrogen-bond acceptors (Lipinski definition) is 4. The van der Waals surface area contributed by atoms with Crippen LogP contribution in [0.2, 0.25) is 0 Å². The topological polar surface area (TPSA) is 52.6 Å². The molecule has 2 rings (SSSR count). The fourth-order valence-corrected chi connectivity index (χ4v) is 2.67. The third-order valence-corrected chi connectivity index (χ3v) is 3.46. The molecule has 15 heavy (non-hydrogen) atoms. The Bertz CT molecular complexity index is 395. The van der Waals surface area contributed by atoms with Gasteiger partial charge in [0.2, 0.25) is 0 Å². The van der Waals surface area contributed by atoms with E-state index in [0.717, 1.165) is 18.0 Å². The maximum atomic E-state index is 11.2. The summed E-state index contributed by atoms with van der Waals surface area (Å²) in [6.07, 6.45) is 0. The summed E-state index contributed by atoms with van der Waals surface area (Å²) in [4.78, 5) is 14.5. The maximum absolute atomic E-state index is 11.2. The van der Waals surface area contributed by atoms with Crippen molar-refractivity contribution in [2.75, 3.05) is 24.2 Å². The second kappa shape index (κ2) is 4.12. The summed E-state index contributed by atoms with van der Waals surface area (Å²) in [7, 11) is 2.00. The van der Waals surface area contributed by atoms with E-state index < -0.39 is 5.91 Å². The molecule has 4 nitrogen and oxygen atoms in total. The zero-order valence-electron chi connectivity index (χ0n) is 8.36. The molecule has 0 aliphatic carbocycles. The van der Waals surface area contributed by atoms with Crippen LogP contribution in [0, 0.1) is 0 Å². The lowest BCUT2D eigenvalue weighted by Crippen LogP contribution is -2.25.